The van der Waals surface area contributed by atoms with Crippen molar-refractivity contribution >= 4 is 11.6 Å². The molecule has 0 atom stereocenters. The van der Waals surface area contributed by atoms with Crippen molar-refractivity contribution in [2.75, 3.05) is 18.6 Å². The fraction of sp³-hybridized carbons (Fsp3) is 0.412. The molecule has 1 amide bonds. The van der Waals surface area contributed by atoms with Gasteiger partial charge in [0.2, 0.25) is 0 Å². The molecular weight excluding hydrogens is 280 g/mol. The first-order valence-corrected chi connectivity index (χ1v) is 7.66. The number of rotatable bonds is 3. The number of carbonyl (C=O) groups excluding carboxylic acids is 1. The second kappa shape index (κ2) is 6.22. The molecule has 0 fully saturated rings. The Bertz CT molecular complexity index is 678. The first-order valence-electron chi connectivity index (χ1n) is 7.66. The number of hydrogen-bond donors (Lipinski definition) is 0. The number of amides is 1. The van der Waals surface area contributed by atoms with Gasteiger partial charge in [-0.05, 0) is 31.4 Å². The van der Waals surface area contributed by atoms with Gasteiger partial charge in [0.15, 0.2) is 12.1 Å². The van der Waals surface area contributed by atoms with Gasteiger partial charge in [0.25, 0.3) is 5.91 Å². The van der Waals surface area contributed by atoms with Crippen LogP contribution in [0, 0.1) is 0 Å². The molecule has 0 saturated heterocycles. The van der Waals surface area contributed by atoms with Crippen LogP contribution in [0.3, 0.4) is 0 Å². The molecule has 116 valence electrons. The molecule has 1 aliphatic heterocycles. The van der Waals surface area contributed by atoms with E-state index < -0.39 is 0 Å². The van der Waals surface area contributed by atoms with Gasteiger partial charge in [0.1, 0.15) is 11.5 Å². The van der Waals surface area contributed by atoms with Crippen LogP contribution in [-0.2, 0) is 12.8 Å². The molecule has 22 heavy (non-hydrogen) atoms. The second-order valence-electron chi connectivity index (χ2n) is 5.35. The summed E-state index contributed by atoms with van der Waals surface area (Å²) in [5.41, 5.74) is 2.43. The number of fused-ring (bicyclic) bond motifs is 1. The summed E-state index contributed by atoms with van der Waals surface area (Å²) < 4.78 is 10.8. The van der Waals surface area contributed by atoms with E-state index in [2.05, 4.69) is 4.98 Å². The minimum Gasteiger partial charge on any atom is -0.496 e. The molecule has 5 heteroatoms. The van der Waals surface area contributed by atoms with Gasteiger partial charge in [0, 0.05) is 18.5 Å². The Balaban J connectivity index is 2.03. The van der Waals surface area contributed by atoms with Gasteiger partial charge in [-0.25, -0.2) is 4.98 Å². The fourth-order valence-electron chi connectivity index (χ4n) is 2.98. The summed E-state index contributed by atoms with van der Waals surface area (Å²) in [5, 5.41) is 0. The fourth-order valence-corrected chi connectivity index (χ4v) is 2.98. The van der Waals surface area contributed by atoms with Crippen molar-refractivity contribution in [3.63, 3.8) is 0 Å². The van der Waals surface area contributed by atoms with Gasteiger partial charge < -0.3 is 14.1 Å². The molecule has 1 aromatic heterocycles. The molecule has 0 N–H and O–H groups in total. The molecule has 0 radical (unpaired) electrons. The van der Waals surface area contributed by atoms with E-state index in [1.54, 1.807) is 7.11 Å². The summed E-state index contributed by atoms with van der Waals surface area (Å²) in [5.74, 6) is 1.38. The number of aryl methyl sites for hydroxylation is 1. The van der Waals surface area contributed by atoms with E-state index in [-0.39, 0.29) is 5.91 Å². The Morgan fingerprint density at radius 3 is 3.05 bits per heavy atom. The lowest BCUT2D eigenvalue weighted by atomic mass is 10.1. The topological polar surface area (TPSA) is 55.6 Å². The van der Waals surface area contributed by atoms with E-state index in [0.29, 0.717) is 24.4 Å². The van der Waals surface area contributed by atoms with Crippen molar-refractivity contribution in [2.45, 2.75) is 32.6 Å². The summed E-state index contributed by atoms with van der Waals surface area (Å²) in [4.78, 5) is 18.8. The molecule has 1 aromatic carbocycles. The molecule has 3 rings (SSSR count). The van der Waals surface area contributed by atoms with Gasteiger partial charge in [-0.15, -0.1) is 0 Å². The van der Waals surface area contributed by atoms with E-state index >= 15 is 0 Å². The molecule has 0 aliphatic carbocycles. The average Bonchev–Trinajstić information content (AvgIpc) is 2.92. The SMILES string of the molecule is CCc1ocnc1C(=O)N1CCCCc2c(OC)cccc21. The standard InChI is InChI=1S/C17H20N2O3/c1-3-14-16(18-11-22-14)17(20)19-10-5-4-7-12-13(19)8-6-9-15(12)21-2/h6,8-9,11H,3-5,7,10H2,1-2H3. The van der Waals surface area contributed by atoms with Gasteiger partial charge in [-0.1, -0.05) is 13.0 Å². The maximum absolute atomic E-state index is 12.9. The molecule has 5 nitrogen and oxygen atoms in total. The van der Waals surface area contributed by atoms with Crippen LogP contribution < -0.4 is 9.64 Å². The van der Waals surface area contributed by atoms with Crippen LogP contribution in [-0.4, -0.2) is 24.5 Å². The second-order valence-corrected chi connectivity index (χ2v) is 5.35. The van der Waals surface area contributed by atoms with Gasteiger partial charge >= 0.3 is 0 Å². The first-order chi connectivity index (χ1) is 10.8. The Kier molecular flexibility index (Phi) is 4.13. The maximum Gasteiger partial charge on any atom is 0.280 e. The number of oxazole rings is 1. The third-order valence-electron chi connectivity index (χ3n) is 4.09. The highest BCUT2D eigenvalue weighted by Crippen LogP contribution is 2.34. The van der Waals surface area contributed by atoms with Crippen molar-refractivity contribution in [1.29, 1.82) is 0 Å². The molecule has 1 aliphatic rings. The van der Waals surface area contributed by atoms with E-state index in [1.807, 2.05) is 30.0 Å². The number of methoxy groups -OCH3 is 1. The Labute approximate surface area is 129 Å². The predicted molar refractivity (Wildman–Crippen MR) is 83.5 cm³/mol. The Hall–Kier alpha value is -2.30. The van der Waals surface area contributed by atoms with E-state index in [9.17, 15) is 4.79 Å². The van der Waals surface area contributed by atoms with Crippen molar-refractivity contribution in [1.82, 2.24) is 4.98 Å². The lowest BCUT2D eigenvalue weighted by Crippen LogP contribution is -2.32. The number of hydrogen-bond acceptors (Lipinski definition) is 4. The van der Waals surface area contributed by atoms with Crippen molar-refractivity contribution in [3.8, 4) is 5.75 Å². The van der Waals surface area contributed by atoms with Crippen LogP contribution in [0.1, 0.15) is 41.6 Å². The third-order valence-corrected chi connectivity index (χ3v) is 4.09. The van der Waals surface area contributed by atoms with Crippen LogP contribution in [0.4, 0.5) is 5.69 Å². The molecule has 0 unspecified atom stereocenters. The third kappa shape index (κ3) is 2.47. The minimum absolute atomic E-state index is 0.0954. The Morgan fingerprint density at radius 1 is 1.41 bits per heavy atom. The molecule has 2 heterocycles. The summed E-state index contributed by atoms with van der Waals surface area (Å²) in [6.45, 7) is 2.64. The molecular formula is C17H20N2O3. The molecule has 0 saturated carbocycles. The molecule has 0 spiro atoms. The quantitative estimate of drug-likeness (QED) is 0.873. The summed E-state index contributed by atoms with van der Waals surface area (Å²) >= 11 is 0. The van der Waals surface area contributed by atoms with Crippen LogP contribution in [0.25, 0.3) is 0 Å². The molecule has 0 bridgehead atoms. The van der Waals surface area contributed by atoms with Crippen LogP contribution in [0.5, 0.6) is 5.75 Å². The normalized spacial score (nSPS) is 14.4. The summed E-state index contributed by atoms with van der Waals surface area (Å²) in [6.07, 6.45) is 4.92. The number of carbonyl (C=O) groups is 1. The zero-order valence-electron chi connectivity index (χ0n) is 13.0. The summed E-state index contributed by atoms with van der Waals surface area (Å²) in [6, 6.07) is 5.85. The van der Waals surface area contributed by atoms with Crippen molar-refractivity contribution in [2.24, 2.45) is 0 Å². The maximum atomic E-state index is 12.9. The largest absolute Gasteiger partial charge is 0.496 e. The van der Waals surface area contributed by atoms with Crippen LogP contribution in [0.2, 0.25) is 0 Å². The van der Waals surface area contributed by atoms with E-state index in [0.717, 1.165) is 36.3 Å². The number of ether oxygens (including phenoxy) is 1. The van der Waals surface area contributed by atoms with E-state index in [1.165, 1.54) is 6.39 Å². The van der Waals surface area contributed by atoms with Gasteiger partial charge in [-0.2, -0.15) is 0 Å². The number of nitrogens with zero attached hydrogens (tertiary/aromatic N) is 2. The number of anilines is 1. The minimum atomic E-state index is -0.0954. The van der Waals surface area contributed by atoms with Crippen molar-refractivity contribution < 1.29 is 13.9 Å². The van der Waals surface area contributed by atoms with Gasteiger partial charge in [-0.3, -0.25) is 4.79 Å². The zero-order chi connectivity index (χ0) is 15.5. The van der Waals surface area contributed by atoms with Crippen LogP contribution >= 0.6 is 0 Å². The predicted octanol–water partition coefficient (Wildman–Crippen LogP) is 3.23. The lowest BCUT2D eigenvalue weighted by molar-refractivity contribution is 0.0981. The highest BCUT2D eigenvalue weighted by Gasteiger charge is 2.27. The monoisotopic (exact) mass is 300 g/mol. The first kappa shape index (κ1) is 14.6. The van der Waals surface area contributed by atoms with Crippen molar-refractivity contribution in [3.05, 3.63) is 41.6 Å². The zero-order valence-corrected chi connectivity index (χ0v) is 13.0. The number of benzene rings is 1. The summed E-state index contributed by atoms with van der Waals surface area (Å²) in [7, 11) is 1.67. The smallest absolute Gasteiger partial charge is 0.280 e. The highest BCUT2D eigenvalue weighted by molar-refractivity contribution is 6.06. The highest BCUT2D eigenvalue weighted by atomic mass is 16.5. The average molecular weight is 300 g/mol. The Morgan fingerprint density at radius 2 is 2.27 bits per heavy atom. The van der Waals surface area contributed by atoms with Gasteiger partial charge in [0.05, 0.1) is 12.8 Å². The molecule has 2 aromatic rings. The number of aromatic nitrogens is 1. The lowest BCUT2D eigenvalue weighted by Gasteiger charge is -2.23. The van der Waals surface area contributed by atoms with E-state index in [4.69, 9.17) is 9.15 Å². The van der Waals surface area contributed by atoms with Crippen LogP contribution in [0.15, 0.2) is 29.0 Å².